The molecule has 0 bridgehead atoms. The average Bonchev–Trinajstić information content (AvgIpc) is 2.68. The van der Waals surface area contributed by atoms with E-state index in [0.717, 1.165) is 17.7 Å². The van der Waals surface area contributed by atoms with Crippen molar-refractivity contribution in [1.29, 1.82) is 0 Å². The van der Waals surface area contributed by atoms with Crippen molar-refractivity contribution in [2.45, 2.75) is 51.7 Å². The molecule has 2 unspecified atom stereocenters. The van der Waals surface area contributed by atoms with Crippen LogP contribution < -0.4 is 14.8 Å². The van der Waals surface area contributed by atoms with Gasteiger partial charge in [0.05, 0.1) is 13.2 Å². The van der Waals surface area contributed by atoms with Crippen molar-refractivity contribution in [2.24, 2.45) is 0 Å². The van der Waals surface area contributed by atoms with Gasteiger partial charge in [0.2, 0.25) is 0 Å². The Hall–Kier alpha value is -2.49. The van der Waals surface area contributed by atoms with Crippen LogP contribution in [0.5, 0.6) is 11.5 Å². The fraction of sp³-hybridized carbons (Fsp3) is 0.409. The number of fused-ring (bicyclic) bond motifs is 1. The maximum absolute atomic E-state index is 12.5. The normalized spacial score (nSPS) is 15.5. The van der Waals surface area contributed by atoms with Crippen molar-refractivity contribution >= 4 is 5.91 Å². The van der Waals surface area contributed by atoms with E-state index < -0.39 is 6.10 Å². The molecule has 2 atom stereocenters. The van der Waals surface area contributed by atoms with Crippen LogP contribution in [0.25, 0.3) is 0 Å². The zero-order valence-electron chi connectivity index (χ0n) is 15.7. The SMILES string of the molecule is COc1ccc(OC(C)C(=O)NC(C)c2ccc3c(c2)CCCC3)cc1. The summed E-state index contributed by atoms with van der Waals surface area (Å²) in [6.45, 7) is 3.78. The van der Waals surface area contributed by atoms with Crippen molar-refractivity contribution in [2.75, 3.05) is 7.11 Å². The van der Waals surface area contributed by atoms with Crippen molar-refractivity contribution in [3.05, 3.63) is 59.2 Å². The molecule has 0 radical (unpaired) electrons. The van der Waals surface area contributed by atoms with Gasteiger partial charge in [0.15, 0.2) is 6.10 Å². The molecule has 3 rings (SSSR count). The van der Waals surface area contributed by atoms with E-state index in [2.05, 4.69) is 23.5 Å². The molecular formula is C22H27NO3. The van der Waals surface area contributed by atoms with Gasteiger partial charge in [0, 0.05) is 0 Å². The highest BCUT2D eigenvalue weighted by Crippen LogP contribution is 2.25. The summed E-state index contributed by atoms with van der Waals surface area (Å²) in [6, 6.07) is 13.8. The minimum absolute atomic E-state index is 0.0448. The summed E-state index contributed by atoms with van der Waals surface area (Å²) in [5.41, 5.74) is 4.03. The van der Waals surface area contributed by atoms with Gasteiger partial charge in [0.1, 0.15) is 11.5 Å². The first-order valence-electron chi connectivity index (χ1n) is 9.29. The lowest BCUT2D eigenvalue weighted by molar-refractivity contribution is -0.127. The van der Waals surface area contributed by atoms with Crippen LogP contribution in [0.15, 0.2) is 42.5 Å². The third kappa shape index (κ3) is 4.37. The standard InChI is InChI=1S/C22H27NO3/c1-15(18-9-8-17-6-4-5-7-19(17)14-18)23-22(24)16(2)26-21-12-10-20(25-3)11-13-21/h8-16H,4-7H2,1-3H3,(H,23,24). The Bertz CT molecular complexity index is 754. The lowest BCUT2D eigenvalue weighted by Gasteiger charge is -2.22. The Labute approximate surface area is 155 Å². The van der Waals surface area contributed by atoms with Gasteiger partial charge in [-0.05, 0) is 80.5 Å². The molecule has 0 fully saturated rings. The van der Waals surface area contributed by atoms with E-state index in [1.165, 1.54) is 30.4 Å². The highest BCUT2D eigenvalue weighted by atomic mass is 16.5. The van der Waals surface area contributed by atoms with Gasteiger partial charge in [-0.25, -0.2) is 0 Å². The number of carbonyl (C=O) groups excluding carboxylic acids is 1. The van der Waals surface area contributed by atoms with Gasteiger partial charge < -0.3 is 14.8 Å². The zero-order valence-corrected chi connectivity index (χ0v) is 15.7. The highest BCUT2D eigenvalue weighted by Gasteiger charge is 2.19. The molecule has 1 N–H and O–H groups in total. The van der Waals surface area contributed by atoms with Gasteiger partial charge in [-0.1, -0.05) is 18.2 Å². The zero-order chi connectivity index (χ0) is 18.5. The molecule has 0 saturated carbocycles. The lowest BCUT2D eigenvalue weighted by atomic mass is 9.89. The number of amides is 1. The van der Waals surface area contributed by atoms with E-state index in [4.69, 9.17) is 9.47 Å². The molecule has 4 heteroatoms. The number of hydrogen-bond donors (Lipinski definition) is 1. The summed E-state index contributed by atoms with van der Waals surface area (Å²) in [6.07, 6.45) is 4.27. The third-order valence-corrected chi connectivity index (χ3v) is 4.97. The molecular weight excluding hydrogens is 326 g/mol. The van der Waals surface area contributed by atoms with E-state index in [1.807, 2.05) is 19.1 Å². The quantitative estimate of drug-likeness (QED) is 0.846. The molecule has 0 spiro atoms. The van der Waals surface area contributed by atoms with E-state index in [0.29, 0.717) is 5.75 Å². The summed E-state index contributed by atoms with van der Waals surface area (Å²) >= 11 is 0. The topological polar surface area (TPSA) is 47.6 Å². The molecule has 1 aliphatic carbocycles. The second-order valence-corrected chi connectivity index (χ2v) is 6.90. The predicted octanol–water partition coefficient (Wildman–Crippen LogP) is 4.22. The maximum Gasteiger partial charge on any atom is 0.261 e. The van der Waals surface area contributed by atoms with E-state index >= 15 is 0 Å². The van der Waals surface area contributed by atoms with Crippen LogP contribution in [0.4, 0.5) is 0 Å². The smallest absolute Gasteiger partial charge is 0.261 e. The molecule has 0 aromatic heterocycles. The largest absolute Gasteiger partial charge is 0.497 e. The molecule has 0 saturated heterocycles. The molecule has 0 aliphatic heterocycles. The van der Waals surface area contributed by atoms with E-state index in [-0.39, 0.29) is 11.9 Å². The summed E-state index contributed by atoms with van der Waals surface area (Å²) in [7, 11) is 1.62. The Morgan fingerprint density at radius 1 is 0.962 bits per heavy atom. The minimum Gasteiger partial charge on any atom is -0.497 e. The van der Waals surface area contributed by atoms with Crippen LogP contribution in [-0.4, -0.2) is 19.1 Å². The summed E-state index contributed by atoms with van der Waals surface area (Å²) in [5, 5.41) is 3.06. The molecule has 138 valence electrons. The Morgan fingerprint density at radius 3 is 2.31 bits per heavy atom. The van der Waals surface area contributed by atoms with E-state index in [9.17, 15) is 4.79 Å². The molecule has 1 aliphatic rings. The number of aryl methyl sites for hydroxylation is 2. The van der Waals surface area contributed by atoms with Crippen LogP contribution in [0.2, 0.25) is 0 Å². The van der Waals surface area contributed by atoms with Crippen LogP contribution in [0.1, 0.15) is 49.4 Å². The lowest BCUT2D eigenvalue weighted by Crippen LogP contribution is -2.37. The van der Waals surface area contributed by atoms with Crippen molar-refractivity contribution in [1.82, 2.24) is 5.32 Å². The van der Waals surface area contributed by atoms with Gasteiger partial charge in [-0.15, -0.1) is 0 Å². The van der Waals surface area contributed by atoms with Crippen LogP contribution >= 0.6 is 0 Å². The first-order valence-corrected chi connectivity index (χ1v) is 9.29. The average molecular weight is 353 g/mol. The fourth-order valence-corrected chi connectivity index (χ4v) is 3.35. The maximum atomic E-state index is 12.5. The number of hydrogen-bond acceptors (Lipinski definition) is 3. The molecule has 26 heavy (non-hydrogen) atoms. The monoisotopic (exact) mass is 353 g/mol. The summed E-state index contributed by atoms with van der Waals surface area (Å²) < 4.78 is 10.9. The second kappa shape index (κ2) is 8.26. The van der Waals surface area contributed by atoms with Gasteiger partial charge in [-0.3, -0.25) is 4.79 Å². The van der Waals surface area contributed by atoms with Gasteiger partial charge >= 0.3 is 0 Å². The van der Waals surface area contributed by atoms with Crippen LogP contribution in [-0.2, 0) is 17.6 Å². The number of methoxy groups -OCH3 is 1. The van der Waals surface area contributed by atoms with Crippen LogP contribution in [0.3, 0.4) is 0 Å². The number of carbonyl (C=O) groups is 1. The first-order chi connectivity index (χ1) is 12.6. The van der Waals surface area contributed by atoms with Crippen molar-refractivity contribution in [3.63, 3.8) is 0 Å². The Kier molecular flexibility index (Phi) is 5.82. The third-order valence-electron chi connectivity index (χ3n) is 4.97. The predicted molar refractivity (Wildman–Crippen MR) is 103 cm³/mol. The number of ether oxygens (including phenoxy) is 2. The summed E-state index contributed by atoms with van der Waals surface area (Å²) in [4.78, 5) is 12.5. The highest BCUT2D eigenvalue weighted by molar-refractivity contribution is 5.81. The molecule has 2 aromatic carbocycles. The molecule has 1 amide bonds. The molecule has 2 aromatic rings. The molecule has 0 heterocycles. The number of benzene rings is 2. The van der Waals surface area contributed by atoms with Crippen molar-refractivity contribution in [3.8, 4) is 11.5 Å². The first kappa shape index (κ1) is 18.3. The Morgan fingerprint density at radius 2 is 1.62 bits per heavy atom. The van der Waals surface area contributed by atoms with E-state index in [1.54, 1.807) is 26.2 Å². The minimum atomic E-state index is -0.566. The van der Waals surface area contributed by atoms with Crippen LogP contribution in [0, 0.1) is 0 Å². The second-order valence-electron chi connectivity index (χ2n) is 6.90. The molecule has 4 nitrogen and oxygen atoms in total. The number of nitrogens with one attached hydrogen (secondary N) is 1. The fourth-order valence-electron chi connectivity index (χ4n) is 3.35. The summed E-state index contributed by atoms with van der Waals surface area (Å²) in [5.74, 6) is 1.29. The van der Waals surface area contributed by atoms with Crippen molar-refractivity contribution < 1.29 is 14.3 Å². The van der Waals surface area contributed by atoms with Gasteiger partial charge in [-0.2, -0.15) is 0 Å². The Balaban J connectivity index is 1.59. The number of rotatable bonds is 6. The van der Waals surface area contributed by atoms with Gasteiger partial charge in [0.25, 0.3) is 5.91 Å².